The highest BCUT2D eigenvalue weighted by Gasteiger charge is 2.50. The van der Waals surface area contributed by atoms with E-state index in [1.165, 1.54) is 89.1 Å². The molecule has 0 aromatic heterocycles. The fraction of sp³-hybridized carbons (Fsp3) is 0.0182. The molecule has 2 heteroatoms. The summed E-state index contributed by atoms with van der Waals surface area (Å²) >= 11 is 0. The van der Waals surface area contributed by atoms with E-state index in [1.54, 1.807) is 0 Å². The highest BCUT2D eigenvalue weighted by atomic mass is 15.2. The Kier molecular flexibility index (Phi) is 7.89. The van der Waals surface area contributed by atoms with Crippen LogP contribution >= 0.6 is 0 Å². The van der Waals surface area contributed by atoms with Crippen LogP contribution in [0.5, 0.6) is 0 Å². The summed E-state index contributed by atoms with van der Waals surface area (Å²) in [7, 11) is 0. The molecule has 0 spiro atoms. The summed E-state index contributed by atoms with van der Waals surface area (Å²) in [5, 5.41) is 0. The second-order valence-electron chi connectivity index (χ2n) is 15.2. The summed E-state index contributed by atoms with van der Waals surface area (Å²) < 4.78 is 0. The maximum absolute atomic E-state index is 2.57. The van der Waals surface area contributed by atoms with E-state index >= 15 is 0 Å². The SMILES string of the molecule is c1ccc(-c2cc(-c3ccccc3)c(B3c4ccccc4N4c5ccccc5C(c5ccccc5)(c5ccccc5)c5cccc3c54)c(-c3ccccc3)c2)cc1. The van der Waals surface area contributed by atoms with Crippen molar-refractivity contribution < 1.29 is 0 Å². The van der Waals surface area contributed by atoms with Crippen molar-refractivity contribution in [1.82, 2.24) is 0 Å². The molecule has 9 aromatic carbocycles. The van der Waals surface area contributed by atoms with Crippen LogP contribution in [0.4, 0.5) is 17.1 Å². The van der Waals surface area contributed by atoms with Crippen LogP contribution < -0.4 is 21.3 Å². The topological polar surface area (TPSA) is 3.24 Å². The van der Waals surface area contributed by atoms with E-state index in [1.807, 2.05) is 0 Å². The molecule has 0 saturated carbocycles. The fourth-order valence-corrected chi connectivity index (χ4v) is 9.90. The summed E-state index contributed by atoms with van der Waals surface area (Å²) in [5.74, 6) is 0. The zero-order valence-corrected chi connectivity index (χ0v) is 31.5. The smallest absolute Gasteiger partial charge is 0.248 e. The first kappa shape index (κ1) is 33.2. The van der Waals surface area contributed by atoms with Crippen LogP contribution in [-0.4, -0.2) is 6.71 Å². The molecule has 11 rings (SSSR count). The van der Waals surface area contributed by atoms with E-state index in [9.17, 15) is 0 Å². The number of rotatable bonds is 6. The molecule has 1 nitrogen and oxygen atoms in total. The highest BCUT2D eigenvalue weighted by molar-refractivity contribution is 6.99. The Bertz CT molecular complexity index is 2790. The van der Waals surface area contributed by atoms with E-state index in [4.69, 9.17) is 0 Å². The van der Waals surface area contributed by atoms with Crippen molar-refractivity contribution in [3.63, 3.8) is 0 Å². The van der Waals surface area contributed by atoms with E-state index in [0.29, 0.717) is 0 Å². The monoisotopic (exact) mass is 723 g/mol. The first-order valence-electron chi connectivity index (χ1n) is 19.9. The molecule has 0 atom stereocenters. The standard InChI is InChI=1S/C55H38BN/c1-6-21-39(22-7-1)42-37-45(40-23-8-2-9-24-40)53(46(38-42)41-25-10-3-11-26-41)56-49-33-17-19-36-52(49)57-51-35-18-16-31-47(51)55(43-27-12-4-13-28-43,44-29-14-5-15-30-44)48-32-20-34-50(56)54(48)57/h1-38H. The molecule has 0 fully saturated rings. The maximum atomic E-state index is 2.57. The summed E-state index contributed by atoms with van der Waals surface area (Å²) in [4.78, 5) is 2.57. The van der Waals surface area contributed by atoms with Gasteiger partial charge in [-0.2, -0.15) is 0 Å². The van der Waals surface area contributed by atoms with Gasteiger partial charge in [0.25, 0.3) is 0 Å². The minimum Gasteiger partial charge on any atom is -0.311 e. The van der Waals surface area contributed by atoms with Crippen LogP contribution in [0.25, 0.3) is 33.4 Å². The third-order valence-corrected chi connectivity index (χ3v) is 12.2. The molecule has 2 heterocycles. The third kappa shape index (κ3) is 5.11. The van der Waals surface area contributed by atoms with E-state index < -0.39 is 5.41 Å². The first-order chi connectivity index (χ1) is 28.3. The molecule has 0 saturated heterocycles. The Hall–Kier alpha value is -7.16. The molecule has 0 aliphatic carbocycles. The quantitative estimate of drug-likeness (QED) is 0.154. The van der Waals surface area contributed by atoms with Gasteiger partial charge in [0.1, 0.15) is 0 Å². The number of para-hydroxylation sites is 3. The predicted molar refractivity (Wildman–Crippen MR) is 240 cm³/mol. The number of hydrogen-bond acceptors (Lipinski definition) is 1. The summed E-state index contributed by atoms with van der Waals surface area (Å²) in [6.07, 6.45) is 0. The summed E-state index contributed by atoms with van der Waals surface area (Å²) in [6.45, 7) is -0.0721. The van der Waals surface area contributed by atoms with Gasteiger partial charge in [-0.05, 0) is 90.8 Å². The zero-order valence-electron chi connectivity index (χ0n) is 31.5. The van der Waals surface area contributed by atoms with Gasteiger partial charge in [0.2, 0.25) is 6.71 Å². The van der Waals surface area contributed by atoms with Gasteiger partial charge in [0, 0.05) is 11.4 Å². The summed E-state index contributed by atoms with van der Waals surface area (Å²) in [5.41, 5.74) is 19.5. The van der Waals surface area contributed by atoms with Crippen molar-refractivity contribution in [3.05, 3.63) is 253 Å². The van der Waals surface area contributed by atoms with Crippen molar-refractivity contribution in [3.8, 4) is 33.4 Å². The number of fused-ring (bicyclic) bond motifs is 4. The lowest BCUT2D eigenvalue weighted by Crippen LogP contribution is -2.59. The van der Waals surface area contributed by atoms with Crippen molar-refractivity contribution in [2.24, 2.45) is 0 Å². The first-order valence-corrected chi connectivity index (χ1v) is 19.9. The average Bonchev–Trinajstić information content (AvgIpc) is 3.30. The highest BCUT2D eigenvalue weighted by Crippen LogP contribution is 2.57. The second kappa shape index (κ2) is 13.5. The van der Waals surface area contributed by atoms with Crippen LogP contribution in [-0.2, 0) is 5.41 Å². The van der Waals surface area contributed by atoms with Gasteiger partial charge in [0.15, 0.2) is 0 Å². The molecule has 0 radical (unpaired) electrons. The molecular weight excluding hydrogens is 685 g/mol. The van der Waals surface area contributed by atoms with Gasteiger partial charge >= 0.3 is 0 Å². The van der Waals surface area contributed by atoms with Crippen LogP contribution in [0.15, 0.2) is 231 Å². The maximum Gasteiger partial charge on any atom is 0.248 e. The molecular formula is C55H38BN. The number of anilines is 3. The van der Waals surface area contributed by atoms with Crippen molar-refractivity contribution in [2.45, 2.75) is 5.41 Å². The van der Waals surface area contributed by atoms with Crippen LogP contribution in [0.3, 0.4) is 0 Å². The molecule has 0 bridgehead atoms. The Morgan fingerprint density at radius 2 is 0.772 bits per heavy atom. The lowest BCUT2D eigenvalue weighted by atomic mass is 9.33. The van der Waals surface area contributed by atoms with Gasteiger partial charge in [-0.1, -0.05) is 212 Å². The Morgan fingerprint density at radius 3 is 1.35 bits per heavy atom. The van der Waals surface area contributed by atoms with Gasteiger partial charge in [-0.25, -0.2) is 0 Å². The minimum absolute atomic E-state index is 0.0721. The van der Waals surface area contributed by atoms with E-state index in [0.717, 1.165) is 0 Å². The second-order valence-corrected chi connectivity index (χ2v) is 15.2. The lowest BCUT2D eigenvalue weighted by Gasteiger charge is -2.50. The van der Waals surface area contributed by atoms with Crippen molar-refractivity contribution in [2.75, 3.05) is 4.90 Å². The zero-order chi connectivity index (χ0) is 37.8. The van der Waals surface area contributed by atoms with Gasteiger partial charge in [-0.15, -0.1) is 0 Å². The van der Waals surface area contributed by atoms with Crippen LogP contribution in [0.2, 0.25) is 0 Å². The largest absolute Gasteiger partial charge is 0.311 e. The van der Waals surface area contributed by atoms with E-state index in [2.05, 4.69) is 235 Å². The normalized spacial score (nSPS) is 13.3. The summed E-state index contributed by atoms with van der Waals surface area (Å²) in [6, 6.07) is 85.3. The Balaban J connectivity index is 1.30. The van der Waals surface area contributed by atoms with Gasteiger partial charge < -0.3 is 4.90 Å². The van der Waals surface area contributed by atoms with Crippen molar-refractivity contribution in [1.29, 1.82) is 0 Å². The van der Waals surface area contributed by atoms with Gasteiger partial charge in [-0.3, -0.25) is 0 Å². The van der Waals surface area contributed by atoms with Crippen LogP contribution in [0.1, 0.15) is 22.3 Å². The minimum atomic E-state index is -0.556. The number of nitrogens with zero attached hydrogens (tertiary/aromatic N) is 1. The lowest BCUT2D eigenvalue weighted by molar-refractivity contribution is 0.732. The number of hydrogen-bond donors (Lipinski definition) is 0. The fourth-order valence-electron chi connectivity index (χ4n) is 9.90. The Labute approximate surface area is 335 Å². The Morgan fingerprint density at radius 1 is 0.333 bits per heavy atom. The van der Waals surface area contributed by atoms with E-state index in [-0.39, 0.29) is 6.71 Å². The predicted octanol–water partition coefficient (Wildman–Crippen LogP) is 11.7. The van der Waals surface area contributed by atoms with Gasteiger partial charge in [0.05, 0.1) is 11.1 Å². The van der Waals surface area contributed by atoms with Crippen LogP contribution in [0, 0.1) is 0 Å². The molecule has 57 heavy (non-hydrogen) atoms. The van der Waals surface area contributed by atoms with Crippen molar-refractivity contribution >= 4 is 40.2 Å². The third-order valence-electron chi connectivity index (χ3n) is 12.2. The molecule has 266 valence electrons. The molecule has 9 aromatic rings. The number of benzene rings is 9. The molecule has 0 amide bonds. The molecule has 2 aliphatic rings. The molecule has 0 N–H and O–H groups in total. The molecule has 2 aliphatic heterocycles. The average molecular weight is 724 g/mol. The molecule has 0 unspecified atom stereocenters.